The van der Waals surface area contributed by atoms with E-state index in [2.05, 4.69) is 34.9 Å². The number of carbonyl (C=O) groups is 1. The van der Waals surface area contributed by atoms with Crippen molar-refractivity contribution in [3.8, 4) is 0 Å². The van der Waals surface area contributed by atoms with Crippen LogP contribution in [0.2, 0.25) is 0 Å². The van der Waals surface area contributed by atoms with Crippen LogP contribution >= 0.6 is 0 Å². The summed E-state index contributed by atoms with van der Waals surface area (Å²) < 4.78 is 5.24. The average molecular weight is 275 g/mol. The second-order valence-electron chi connectivity index (χ2n) is 5.29. The van der Waals surface area contributed by atoms with Gasteiger partial charge < -0.3 is 20.3 Å². The molecule has 5 heteroatoms. The van der Waals surface area contributed by atoms with Gasteiger partial charge in [-0.1, -0.05) is 18.2 Å². The van der Waals surface area contributed by atoms with Gasteiger partial charge in [-0.3, -0.25) is 0 Å². The highest BCUT2D eigenvalue weighted by Crippen LogP contribution is 2.32. The number of urea groups is 1. The molecule has 1 fully saturated rings. The number of fused-ring (bicyclic) bond motifs is 1. The molecule has 108 valence electrons. The fourth-order valence-corrected chi connectivity index (χ4v) is 2.85. The molecule has 0 aromatic heterocycles. The molecule has 5 nitrogen and oxygen atoms in total. The summed E-state index contributed by atoms with van der Waals surface area (Å²) in [7, 11) is 0. The van der Waals surface area contributed by atoms with Crippen molar-refractivity contribution in [3.63, 3.8) is 0 Å². The molecule has 2 N–H and O–H groups in total. The topological polar surface area (TPSA) is 53.6 Å². The Kier molecular flexibility index (Phi) is 4.06. The second kappa shape index (κ2) is 6.13. The van der Waals surface area contributed by atoms with E-state index in [0.717, 1.165) is 19.5 Å². The zero-order valence-corrected chi connectivity index (χ0v) is 11.6. The van der Waals surface area contributed by atoms with Gasteiger partial charge in [0.2, 0.25) is 0 Å². The van der Waals surface area contributed by atoms with E-state index in [1.165, 1.54) is 11.3 Å². The maximum absolute atomic E-state index is 12.0. The van der Waals surface area contributed by atoms with Gasteiger partial charge in [0.1, 0.15) is 0 Å². The highest BCUT2D eigenvalue weighted by Gasteiger charge is 2.22. The molecule has 1 aromatic carbocycles. The third kappa shape index (κ3) is 2.88. The largest absolute Gasteiger partial charge is 0.384 e. The third-order valence-electron chi connectivity index (χ3n) is 4.01. The lowest BCUT2D eigenvalue weighted by atomic mass is 9.98. The van der Waals surface area contributed by atoms with E-state index in [0.29, 0.717) is 32.2 Å². The zero-order valence-electron chi connectivity index (χ0n) is 11.6. The van der Waals surface area contributed by atoms with Crippen molar-refractivity contribution in [3.05, 3.63) is 29.8 Å². The summed E-state index contributed by atoms with van der Waals surface area (Å²) in [6.45, 7) is 4.36. The Morgan fingerprint density at radius 2 is 2.15 bits per heavy atom. The molecular weight excluding hydrogens is 254 g/mol. The molecule has 0 aliphatic carbocycles. The van der Waals surface area contributed by atoms with Crippen LogP contribution in [0.5, 0.6) is 0 Å². The van der Waals surface area contributed by atoms with Crippen LogP contribution in [0.4, 0.5) is 10.5 Å². The molecular formula is C15H21N3O2. The summed E-state index contributed by atoms with van der Waals surface area (Å²) in [5, 5.41) is 6.43. The number of hydrogen-bond acceptors (Lipinski definition) is 3. The SMILES string of the molecule is O=C(NCCC1CNc2ccccc21)N1CCOCC1. The van der Waals surface area contributed by atoms with Crippen LogP contribution in [0.1, 0.15) is 17.9 Å². The minimum absolute atomic E-state index is 0.0348. The minimum atomic E-state index is 0.0348. The third-order valence-corrected chi connectivity index (χ3v) is 4.01. The van der Waals surface area contributed by atoms with Gasteiger partial charge in [-0.2, -0.15) is 0 Å². The Bertz CT molecular complexity index is 472. The van der Waals surface area contributed by atoms with Crippen LogP contribution in [0.15, 0.2) is 24.3 Å². The summed E-state index contributed by atoms with van der Waals surface area (Å²) in [5.41, 5.74) is 2.60. The quantitative estimate of drug-likeness (QED) is 0.881. The Balaban J connectivity index is 1.45. The van der Waals surface area contributed by atoms with Gasteiger partial charge in [-0.15, -0.1) is 0 Å². The van der Waals surface area contributed by atoms with E-state index in [1.807, 2.05) is 4.90 Å². The van der Waals surface area contributed by atoms with E-state index in [4.69, 9.17) is 4.74 Å². The van der Waals surface area contributed by atoms with Crippen molar-refractivity contribution < 1.29 is 9.53 Å². The normalized spacial score (nSPS) is 21.2. The number of morpholine rings is 1. The predicted octanol–water partition coefficient (Wildman–Crippen LogP) is 1.63. The molecule has 2 aliphatic heterocycles. The Morgan fingerprint density at radius 1 is 1.35 bits per heavy atom. The summed E-state index contributed by atoms with van der Waals surface area (Å²) >= 11 is 0. The summed E-state index contributed by atoms with van der Waals surface area (Å²) in [5.74, 6) is 0.496. The van der Waals surface area contributed by atoms with Gasteiger partial charge in [-0.25, -0.2) is 4.79 Å². The zero-order chi connectivity index (χ0) is 13.8. The lowest BCUT2D eigenvalue weighted by Gasteiger charge is -2.27. The molecule has 1 saturated heterocycles. The van der Waals surface area contributed by atoms with Crippen LogP contribution in [0, 0.1) is 0 Å². The summed E-state index contributed by atoms with van der Waals surface area (Å²) in [4.78, 5) is 13.8. The van der Waals surface area contributed by atoms with Crippen LogP contribution in [-0.2, 0) is 4.74 Å². The van der Waals surface area contributed by atoms with Crippen LogP contribution in [-0.4, -0.2) is 50.3 Å². The number of ether oxygens (including phenoxy) is 1. The molecule has 2 amide bonds. The van der Waals surface area contributed by atoms with E-state index in [9.17, 15) is 4.79 Å². The maximum atomic E-state index is 12.0. The van der Waals surface area contributed by atoms with Crippen LogP contribution in [0.3, 0.4) is 0 Å². The van der Waals surface area contributed by atoms with E-state index in [-0.39, 0.29) is 6.03 Å². The van der Waals surface area contributed by atoms with Gasteiger partial charge in [0, 0.05) is 37.8 Å². The Labute approximate surface area is 119 Å². The highest BCUT2D eigenvalue weighted by molar-refractivity contribution is 5.74. The van der Waals surface area contributed by atoms with E-state index < -0.39 is 0 Å². The summed E-state index contributed by atoms with van der Waals surface area (Å²) in [6.07, 6.45) is 0.972. The van der Waals surface area contributed by atoms with Gasteiger partial charge in [0.25, 0.3) is 0 Å². The smallest absolute Gasteiger partial charge is 0.317 e. The molecule has 0 radical (unpaired) electrons. The van der Waals surface area contributed by atoms with Gasteiger partial charge in [0.05, 0.1) is 13.2 Å². The average Bonchev–Trinajstić information content (AvgIpc) is 2.92. The number of carbonyl (C=O) groups excluding carboxylic acids is 1. The maximum Gasteiger partial charge on any atom is 0.317 e. The lowest BCUT2D eigenvalue weighted by Crippen LogP contribution is -2.46. The number of nitrogens with one attached hydrogen (secondary N) is 2. The molecule has 1 aromatic rings. The van der Waals surface area contributed by atoms with Crippen molar-refractivity contribution >= 4 is 11.7 Å². The lowest BCUT2D eigenvalue weighted by molar-refractivity contribution is 0.0532. The number of para-hydroxylation sites is 1. The van der Waals surface area contributed by atoms with Gasteiger partial charge in [-0.05, 0) is 18.1 Å². The van der Waals surface area contributed by atoms with Crippen LogP contribution in [0.25, 0.3) is 0 Å². The van der Waals surface area contributed by atoms with Crippen molar-refractivity contribution in [2.75, 3.05) is 44.7 Å². The molecule has 0 spiro atoms. The first-order chi connectivity index (χ1) is 9.84. The first-order valence-electron chi connectivity index (χ1n) is 7.28. The minimum Gasteiger partial charge on any atom is -0.384 e. The number of anilines is 1. The first-order valence-corrected chi connectivity index (χ1v) is 7.28. The van der Waals surface area contributed by atoms with E-state index in [1.54, 1.807) is 0 Å². The Morgan fingerprint density at radius 3 is 3.00 bits per heavy atom. The first kappa shape index (κ1) is 13.2. The molecule has 2 heterocycles. The number of hydrogen-bond donors (Lipinski definition) is 2. The van der Waals surface area contributed by atoms with Crippen LogP contribution < -0.4 is 10.6 Å². The number of rotatable bonds is 3. The van der Waals surface area contributed by atoms with Crippen molar-refractivity contribution in [1.82, 2.24) is 10.2 Å². The molecule has 3 rings (SSSR count). The summed E-state index contributed by atoms with van der Waals surface area (Å²) in [6, 6.07) is 8.44. The molecule has 20 heavy (non-hydrogen) atoms. The van der Waals surface area contributed by atoms with Crippen molar-refractivity contribution in [2.24, 2.45) is 0 Å². The highest BCUT2D eigenvalue weighted by atomic mass is 16.5. The van der Waals surface area contributed by atoms with Crippen molar-refractivity contribution in [1.29, 1.82) is 0 Å². The molecule has 1 unspecified atom stereocenters. The monoisotopic (exact) mass is 275 g/mol. The predicted molar refractivity (Wildman–Crippen MR) is 78.1 cm³/mol. The molecule has 2 aliphatic rings. The van der Waals surface area contributed by atoms with E-state index >= 15 is 0 Å². The fourth-order valence-electron chi connectivity index (χ4n) is 2.85. The van der Waals surface area contributed by atoms with Gasteiger partial charge >= 0.3 is 6.03 Å². The fraction of sp³-hybridized carbons (Fsp3) is 0.533. The number of amides is 2. The number of benzene rings is 1. The Hall–Kier alpha value is -1.75. The molecule has 0 saturated carbocycles. The van der Waals surface area contributed by atoms with Crippen molar-refractivity contribution in [2.45, 2.75) is 12.3 Å². The second-order valence-corrected chi connectivity index (χ2v) is 5.29. The molecule has 1 atom stereocenters. The number of nitrogens with zero attached hydrogens (tertiary/aromatic N) is 1. The van der Waals surface area contributed by atoms with Gasteiger partial charge in [0.15, 0.2) is 0 Å². The standard InChI is InChI=1S/C15H21N3O2/c19-15(18-7-9-20-10-8-18)16-6-5-12-11-17-14-4-2-1-3-13(12)14/h1-4,12,17H,5-11H2,(H,16,19). The molecule has 0 bridgehead atoms.